The number of nitrogens with zero attached hydrogens (tertiary/aromatic N) is 4. The van der Waals surface area contributed by atoms with Crippen molar-refractivity contribution in [2.75, 3.05) is 0 Å². The molecule has 2 heterocycles. The van der Waals surface area contributed by atoms with E-state index in [1.807, 2.05) is 6.07 Å². The Morgan fingerprint density at radius 1 is 1.21 bits per heavy atom. The van der Waals surface area contributed by atoms with Gasteiger partial charge in [0.05, 0.1) is 5.56 Å². The highest BCUT2D eigenvalue weighted by molar-refractivity contribution is 9.10. The molecule has 0 atom stereocenters. The second kappa shape index (κ2) is 7.86. The molecule has 142 valence electrons. The van der Waals surface area contributed by atoms with Gasteiger partial charge in [-0.3, -0.25) is 4.79 Å². The van der Waals surface area contributed by atoms with E-state index < -0.39 is 17.2 Å². The molecule has 1 aromatic carbocycles. The van der Waals surface area contributed by atoms with E-state index in [2.05, 4.69) is 25.9 Å². The van der Waals surface area contributed by atoms with Gasteiger partial charge in [-0.25, -0.2) is 18.3 Å². The molecule has 3 rings (SSSR count). The van der Waals surface area contributed by atoms with E-state index in [-0.39, 0.29) is 39.7 Å². The van der Waals surface area contributed by atoms with Crippen molar-refractivity contribution in [3.63, 3.8) is 0 Å². The normalized spacial score (nSPS) is 10.6. The topological polar surface area (TPSA) is 80.8 Å². The van der Waals surface area contributed by atoms with Gasteiger partial charge in [-0.2, -0.15) is 10.2 Å². The summed E-state index contributed by atoms with van der Waals surface area (Å²) in [6.07, 6.45) is 0. The zero-order valence-electron chi connectivity index (χ0n) is 14.8. The number of pyridine rings is 1. The molecular weight excluding hydrogens is 434 g/mol. The molecule has 0 radical (unpaired) electrons. The van der Waals surface area contributed by atoms with Crippen LogP contribution in [-0.4, -0.2) is 14.5 Å². The van der Waals surface area contributed by atoms with Gasteiger partial charge in [0.2, 0.25) is 5.88 Å². The van der Waals surface area contributed by atoms with Crippen LogP contribution in [0.5, 0.6) is 5.88 Å². The largest absolute Gasteiger partial charge is 0.472 e. The molecule has 0 saturated heterocycles. The SMILES string of the molecule is Cc1ccc(C#N)c(-n2c(C)nc(OCc3ccc(F)cc3F)c(Br)c2=O)n1. The molecule has 6 nitrogen and oxygen atoms in total. The summed E-state index contributed by atoms with van der Waals surface area (Å²) in [6, 6.07) is 8.34. The Hall–Kier alpha value is -3.12. The fourth-order valence-corrected chi connectivity index (χ4v) is 2.89. The number of ether oxygens (including phenoxy) is 1. The van der Waals surface area contributed by atoms with Gasteiger partial charge < -0.3 is 4.74 Å². The molecule has 0 aliphatic carbocycles. The van der Waals surface area contributed by atoms with Gasteiger partial charge in [-0.1, -0.05) is 0 Å². The van der Waals surface area contributed by atoms with Crippen LogP contribution < -0.4 is 10.3 Å². The zero-order valence-corrected chi connectivity index (χ0v) is 16.4. The lowest BCUT2D eigenvalue weighted by molar-refractivity contribution is 0.283. The van der Waals surface area contributed by atoms with Crippen LogP contribution >= 0.6 is 15.9 Å². The van der Waals surface area contributed by atoms with Crippen LogP contribution in [-0.2, 0) is 6.61 Å². The highest BCUT2D eigenvalue weighted by atomic mass is 79.9. The van der Waals surface area contributed by atoms with Crippen LogP contribution in [0.4, 0.5) is 8.78 Å². The van der Waals surface area contributed by atoms with Gasteiger partial charge in [0.1, 0.15) is 34.6 Å². The molecule has 0 bridgehead atoms. The van der Waals surface area contributed by atoms with Crippen LogP contribution in [0.3, 0.4) is 0 Å². The van der Waals surface area contributed by atoms with E-state index >= 15 is 0 Å². The molecule has 0 amide bonds. The molecule has 0 aliphatic heterocycles. The van der Waals surface area contributed by atoms with Crippen molar-refractivity contribution in [2.24, 2.45) is 0 Å². The predicted molar refractivity (Wildman–Crippen MR) is 100 cm³/mol. The molecule has 9 heteroatoms. The Morgan fingerprint density at radius 3 is 2.64 bits per heavy atom. The Bertz CT molecular complexity index is 1170. The quantitative estimate of drug-likeness (QED) is 0.609. The van der Waals surface area contributed by atoms with Gasteiger partial charge in [-0.15, -0.1) is 0 Å². The molecule has 0 fully saturated rings. The van der Waals surface area contributed by atoms with Gasteiger partial charge in [-0.05, 0) is 54.0 Å². The van der Waals surface area contributed by atoms with Crippen molar-refractivity contribution in [2.45, 2.75) is 20.5 Å². The first kappa shape index (κ1) is 19.6. The lowest BCUT2D eigenvalue weighted by Gasteiger charge is -2.14. The fraction of sp³-hybridized carbons (Fsp3) is 0.158. The number of benzene rings is 1. The smallest absolute Gasteiger partial charge is 0.277 e. The highest BCUT2D eigenvalue weighted by Gasteiger charge is 2.19. The average molecular weight is 447 g/mol. The summed E-state index contributed by atoms with van der Waals surface area (Å²) in [7, 11) is 0. The first-order chi connectivity index (χ1) is 13.3. The predicted octanol–water partition coefficient (Wildman–Crippen LogP) is 3.74. The Kier molecular flexibility index (Phi) is 5.51. The molecule has 3 aromatic rings. The number of hydrogen-bond acceptors (Lipinski definition) is 5. The highest BCUT2D eigenvalue weighted by Crippen LogP contribution is 2.23. The third-order valence-electron chi connectivity index (χ3n) is 3.89. The van der Waals surface area contributed by atoms with Gasteiger partial charge >= 0.3 is 0 Å². The van der Waals surface area contributed by atoms with Crippen molar-refractivity contribution in [3.05, 3.63) is 79.4 Å². The van der Waals surface area contributed by atoms with Gasteiger partial charge in [0, 0.05) is 17.3 Å². The molecule has 2 aromatic heterocycles. The summed E-state index contributed by atoms with van der Waals surface area (Å²) in [5.74, 6) is -1.11. The van der Waals surface area contributed by atoms with Crippen LogP contribution in [0.15, 0.2) is 39.6 Å². The number of halogens is 3. The minimum atomic E-state index is -0.760. The summed E-state index contributed by atoms with van der Waals surface area (Å²) in [5.41, 5.74) is 0.427. The Labute approximate surface area is 167 Å². The van der Waals surface area contributed by atoms with E-state index in [9.17, 15) is 18.8 Å². The van der Waals surface area contributed by atoms with E-state index in [0.29, 0.717) is 5.69 Å². The molecule has 0 saturated carbocycles. The lowest BCUT2D eigenvalue weighted by Crippen LogP contribution is -2.25. The second-order valence-corrected chi connectivity index (χ2v) is 6.67. The van der Waals surface area contributed by atoms with Crippen LogP contribution in [0, 0.1) is 36.8 Å². The fourth-order valence-electron chi connectivity index (χ4n) is 2.51. The summed E-state index contributed by atoms with van der Waals surface area (Å²) >= 11 is 3.15. The summed E-state index contributed by atoms with van der Waals surface area (Å²) in [5, 5.41) is 9.31. The second-order valence-electron chi connectivity index (χ2n) is 5.88. The first-order valence-electron chi connectivity index (χ1n) is 8.05. The maximum Gasteiger partial charge on any atom is 0.277 e. The minimum absolute atomic E-state index is 0.00665. The minimum Gasteiger partial charge on any atom is -0.472 e. The number of aryl methyl sites for hydroxylation is 2. The zero-order chi connectivity index (χ0) is 20.4. The molecule has 28 heavy (non-hydrogen) atoms. The van der Waals surface area contributed by atoms with Crippen LogP contribution in [0.1, 0.15) is 22.6 Å². The third-order valence-corrected chi connectivity index (χ3v) is 4.57. The lowest BCUT2D eigenvalue weighted by atomic mass is 10.2. The van der Waals surface area contributed by atoms with Gasteiger partial charge in [0.25, 0.3) is 5.56 Å². The molecule has 0 unspecified atom stereocenters. The summed E-state index contributed by atoms with van der Waals surface area (Å²) in [4.78, 5) is 21.3. The van der Waals surface area contributed by atoms with Crippen molar-refractivity contribution >= 4 is 15.9 Å². The van der Waals surface area contributed by atoms with Crippen LogP contribution in [0.2, 0.25) is 0 Å². The number of aromatic nitrogens is 3. The molecule has 0 aliphatic rings. The standard InChI is InChI=1S/C19H13BrF2N4O2/c1-10-3-4-12(8-23)17(24-10)26-11(2)25-18(16(20)19(26)27)28-9-13-5-6-14(21)7-15(13)22/h3-7H,9H2,1-2H3. The monoisotopic (exact) mass is 446 g/mol. The Balaban J connectivity index is 2.01. The van der Waals surface area contributed by atoms with Crippen molar-refractivity contribution in [1.29, 1.82) is 5.26 Å². The number of hydrogen-bond donors (Lipinski definition) is 0. The average Bonchev–Trinajstić information content (AvgIpc) is 2.65. The Morgan fingerprint density at radius 2 is 1.96 bits per heavy atom. The van der Waals surface area contributed by atoms with Crippen LogP contribution in [0.25, 0.3) is 5.82 Å². The van der Waals surface area contributed by atoms with Crippen molar-refractivity contribution in [3.8, 4) is 17.8 Å². The van der Waals surface area contributed by atoms with E-state index in [1.165, 1.54) is 10.6 Å². The molecular formula is C19H13BrF2N4O2. The van der Waals surface area contributed by atoms with Gasteiger partial charge in [0.15, 0.2) is 5.82 Å². The number of nitriles is 1. The van der Waals surface area contributed by atoms with E-state index in [1.54, 1.807) is 26.0 Å². The maximum absolute atomic E-state index is 13.8. The number of rotatable bonds is 4. The first-order valence-corrected chi connectivity index (χ1v) is 8.85. The summed E-state index contributed by atoms with van der Waals surface area (Å²) in [6.45, 7) is 3.05. The van der Waals surface area contributed by atoms with Crippen molar-refractivity contribution < 1.29 is 13.5 Å². The van der Waals surface area contributed by atoms with Crippen molar-refractivity contribution in [1.82, 2.24) is 14.5 Å². The van der Waals surface area contributed by atoms with E-state index in [0.717, 1.165) is 12.1 Å². The maximum atomic E-state index is 13.8. The molecule has 0 N–H and O–H groups in total. The van der Waals surface area contributed by atoms with E-state index in [4.69, 9.17) is 4.74 Å². The molecule has 0 spiro atoms. The third kappa shape index (κ3) is 3.77. The summed E-state index contributed by atoms with van der Waals surface area (Å²) < 4.78 is 33.4.